The molecule has 0 bridgehead atoms. The summed E-state index contributed by atoms with van der Waals surface area (Å²) in [6, 6.07) is 6.15. The van der Waals surface area contributed by atoms with Crippen LogP contribution in [0.1, 0.15) is 5.56 Å². The molecule has 0 spiro atoms. The summed E-state index contributed by atoms with van der Waals surface area (Å²) in [6.45, 7) is -0.273. The zero-order valence-corrected chi connectivity index (χ0v) is 12.2. The van der Waals surface area contributed by atoms with Crippen molar-refractivity contribution in [3.05, 3.63) is 29.8 Å². The first-order valence-electron chi connectivity index (χ1n) is 5.36. The van der Waals surface area contributed by atoms with Crippen molar-refractivity contribution in [2.45, 2.75) is 4.90 Å². The van der Waals surface area contributed by atoms with E-state index in [9.17, 15) is 13.2 Å². The van der Waals surface area contributed by atoms with E-state index in [0.717, 1.165) is 4.31 Å². The Morgan fingerprint density at radius 3 is 2.53 bits per heavy atom. The summed E-state index contributed by atoms with van der Waals surface area (Å²) >= 11 is 4.83. The third kappa shape index (κ3) is 3.49. The summed E-state index contributed by atoms with van der Waals surface area (Å²) in [5.74, 6) is -0.404. The van der Waals surface area contributed by atoms with E-state index in [1.807, 2.05) is 0 Å². The highest BCUT2D eigenvalue weighted by molar-refractivity contribution is 7.89. The smallest absolute Gasteiger partial charge is 0.243 e. The van der Waals surface area contributed by atoms with Gasteiger partial charge < -0.3 is 11.1 Å². The topological polar surface area (TPSA) is 92.5 Å². The number of nitrogens with two attached hydrogens (primary N) is 1. The lowest BCUT2D eigenvalue weighted by atomic mass is 10.2. The highest BCUT2D eigenvalue weighted by atomic mass is 32.2. The quantitative estimate of drug-likeness (QED) is 0.728. The average Bonchev–Trinajstić information content (AvgIpc) is 2.38. The number of rotatable bonds is 5. The van der Waals surface area contributed by atoms with Crippen molar-refractivity contribution < 1.29 is 13.2 Å². The number of sulfonamides is 1. The summed E-state index contributed by atoms with van der Waals surface area (Å²) in [5.41, 5.74) is 5.77. The monoisotopic (exact) mass is 301 g/mol. The highest BCUT2D eigenvalue weighted by Crippen LogP contribution is 2.19. The van der Waals surface area contributed by atoms with Crippen molar-refractivity contribution in [1.82, 2.24) is 9.62 Å². The predicted molar refractivity (Wildman–Crippen MR) is 76.2 cm³/mol. The first-order valence-corrected chi connectivity index (χ1v) is 7.21. The van der Waals surface area contributed by atoms with Crippen LogP contribution in [-0.4, -0.2) is 44.3 Å². The number of benzene rings is 1. The second-order valence-electron chi connectivity index (χ2n) is 3.79. The number of nitrogens with zero attached hydrogens (tertiary/aromatic N) is 1. The van der Waals surface area contributed by atoms with Crippen molar-refractivity contribution in [2.75, 3.05) is 20.6 Å². The number of nitrogens with one attached hydrogen (secondary N) is 1. The fourth-order valence-corrected chi connectivity index (χ4v) is 3.00. The molecule has 104 valence electrons. The SMILES string of the molecule is CNC(=O)CN(C)S(=O)(=O)c1ccccc1C(N)=S. The molecule has 1 amide bonds. The van der Waals surface area contributed by atoms with Crippen LogP contribution in [0.3, 0.4) is 0 Å². The molecule has 1 rings (SSSR count). The molecule has 0 fully saturated rings. The van der Waals surface area contributed by atoms with Gasteiger partial charge in [0.25, 0.3) is 0 Å². The Hall–Kier alpha value is -1.51. The second-order valence-corrected chi connectivity index (χ2v) is 6.25. The molecule has 8 heteroatoms. The lowest BCUT2D eigenvalue weighted by Crippen LogP contribution is -2.37. The molecule has 0 aliphatic rings. The van der Waals surface area contributed by atoms with Gasteiger partial charge in [-0.15, -0.1) is 0 Å². The minimum atomic E-state index is -3.81. The molecule has 19 heavy (non-hydrogen) atoms. The number of amides is 1. The van der Waals surface area contributed by atoms with Crippen LogP contribution in [0.4, 0.5) is 0 Å². The molecule has 0 aliphatic carbocycles. The molecule has 0 unspecified atom stereocenters. The molecule has 0 radical (unpaired) electrons. The normalized spacial score (nSPS) is 11.3. The van der Waals surface area contributed by atoms with E-state index < -0.39 is 15.9 Å². The van der Waals surface area contributed by atoms with E-state index in [2.05, 4.69) is 5.32 Å². The summed E-state index contributed by atoms with van der Waals surface area (Å²) in [4.78, 5) is 11.2. The molecule has 0 saturated heterocycles. The Morgan fingerprint density at radius 2 is 2.00 bits per heavy atom. The lowest BCUT2D eigenvalue weighted by molar-refractivity contribution is -0.120. The van der Waals surface area contributed by atoms with Gasteiger partial charge in [-0.3, -0.25) is 4.79 Å². The number of likely N-dealkylation sites (N-methyl/N-ethyl adjacent to an activating group) is 2. The van der Waals surface area contributed by atoms with Gasteiger partial charge in [-0.2, -0.15) is 4.31 Å². The number of hydrogen-bond donors (Lipinski definition) is 2. The standard InChI is InChI=1S/C11H15N3O3S2/c1-13-10(15)7-14(2)19(16,17)9-6-4-3-5-8(9)11(12)18/h3-6H,7H2,1-2H3,(H2,12,18)(H,13,15). The van der Waals surface area contributed by atoms with Crippen LogP contribution in [0.25, 0.3) is 0 Å². The Kier molecular flexibility index (Phi) is 4.98. The van der Waals surface area contributed by atoms with Crippen molar-refractivity contribution in [3.8, 4) is 0 Å². The van der Waals surface area contributed by atoms with Gasteiger partial charge in [-0.1, -0.05) is 30.4 Å². The van der Waals surface area contributed by atoms with Gasteiger partial charge in [0.2, 0.25) is 15.9 Å². The zero-order valence-electron chi connectivity index (χ0n) is 10.6. The van der Waals surface area contributed by atoms with E-state index >= 15 is 0 Å². The van der Waals surface area contributed by atoms with Crippen LogP contribution in [0.15, 0.2) is 29.2 Å². The van der Waals surface area contributed by atoms with Crippen molar-refractivity contribution in [3.63, 3.8) is 0 Å². The molecular weight excluding hydrogens is 286 g/mol. The minimum absolute atomic E-state index is 0.00565. The number of carbonyl (C=O) groups is 1. The largest absolute Gasteiger partial charge is 0.389 e. The molecule has 1 aromatic carbocycles. The second kappa shape index (κ2) is 6.09. The summed E-state index contributed by atoms with van der Waals surface area (Å²) in [7, 11) is -1.06. The predicted octanol–water partition coefficient (Wildman–Crippen LogP) is -0.313. The van der Waals surface area contributed by atoms with Crippen LogP contribution in [0.5, 0.6) is 0 Å². The summed E-state index contributed by atoms with van der Waals surface area (Å²) < 4.78 is 25.6. The van der Waals surface area contributed by atoms with Gasteiger partial charge in [-0.05, 0) is 6.07 Å². The van der Waals surface area contributed by atoms with E-state index in [1.165, 1.54) is 26.2 Å². The van der Waals surface area contributed by atoms with Crippen molar-refractivity contribution in [1.29, 1.82) is 0 Å². The summed E-state index contributed by atoms with van der Waals surface area (Å²) in [6.07, 6.45) is 0. The van der Waals surface area contributed by atoms with E-state index in [1.54, 1.807) is 12.1 Å². The van der Waals surface area contributed by atoms with Crippen LogP contribution >= 0.6 is 12.2 Å². The zero-order chi connectivity index (χ0) is 14.6. The maximum absolute atomic E-state index is 12.3. The molecule has 0 saturated carbocycles. The third-order valence-corrected chi connectivity index (χ3v) is 4.57. The van der Waals surface area contributed by atoms with E-state index in [4.69, 9.17) is 18.0 Å². The van der Waals surface area contributed by atoms with Crippen LogP contribution < -0.4 is 11.1 Å². The molecule has 0 aliphatic heterocycles. The maximum Gasteiger partial charge on any atom is 0.243 e. The van der Waals surface area contributed by atoms with E-state index in [-0.39, 0.29) is 22.0 Å². The first kappa shape index (κ1) is 15.5. The van der Waals surface area contributed by atoms with Gasteiger partial charge in [0, 0.05) is 19.7 Å². The fraction of sp³-hybridized carbons (Fsp3) is 0.273. The summed E-state index contributed by atoms with van der Waals surface area (Å²) in [5, 5.41) is 2.36. The van der Waals surface area contributed by atoms with Gasteiger partial charge in [0.1, 0.15) is 4.99 Å². The van der Waals surface area contributed by atoms with Gasteiger partial charge in [0.05, 0.1) is 11.4 Å². The molecular formula is C11H15N3O3S2. The van der Waals surface area contributed by atoms with Crippen molar-refractivity contribution >= 4 is 33.1 Å². The maximum atomic E-state index is 12.3. The van der Waals surface area contributed by atoms with Crippen LogP contribution in [0, 0.1) is 0 Å². The number of thiocarbonyl (C=S) groups is 1. The highest BCUT2D eigenvalue weighted by Gasteiger charge is 2.25. The van der Waals surface area contributed by atoms with Gasteiger partial charge in [0.15, 0.2) is 0 Å². The molecule has 3 N–H and O–H groups in total. The first-order chi connectivity index (χ1) is 8.80. The van der Waals surface area contributed by atoms with Gasteiger partial charge >= 0.3 is 0 Å². The Morgan fingerprint density at radius 1 is 1.42 bits per heavy atom. The Labute approximate surface area is 117 Å². The fourth-order valence-electron chi connectivity index (χ4n) is 1.43. The molecule has 0 atom stereocenters. The minimum Gasteiger partial charge on any atom is -0.389 e. The molecule has 0 heterocycles. The average molecular weight is 301 g/mol. The van der Waals surface area contributed by atoms with Gasteiger partial charge in [-0.25, -0.2) is 8.42 Å². The number of carbonyl (C=O) groups excluding carboxylic acids is 1. The molecule has 1 aromatic rings. The molecule has 0 aromatic heterocycles. The van der Waals surface area contributed by atoms with Crippen LogP contribution in [-0.2, 0) is 14.8 Å². The Balaban J connectivity index is 3.21. The Bertz CT molecular complexity index is 599. The van der Waals surface area contributed by atoms with Crippen LogP contribution in [0.2, 0.25) is 0 Å². The third-order valence-electron chi connectivity index (χ3n) is 2.49. The number of hydrogen-bond acceptors (Lipinski definition) is 4. The van der Waals surface area contributed by atoms with Crippen molar-refractivity contribution in [2.24, 2.45) is 5.73 Å². The lowest BCUT2D eigenvalue weighted by Gasteiger charge is -2.18. The van der Waals surface area contributed by atoms with E-state index in [0.29, 0.717) is 0 Å². The molecule has 6 nitrogen and oxygen atoms in total.